The summed E-state index contributed by atoms with van der Waals surface area (Å²) >= 11 is 11.6. The first kappa shape index (κ1) is 19.2. The van der Waals surface area contributed by atoms with E-state index in [9.17, 15) is 20.2 Å². The minimum Gasteiger partial charge on any atom is -0.367 e. The molecule has 0 radical (unpaired) electrons. The fourth-order valence-electron chi connectivity index (χ4n) is 1.30. The lowest BCUT2D eigenvalue weighted by Crippen LogP contribution is -1.98. The average Bonchev–Trinajstić information content (AvgIpc) is 2.50. The molecule has 0 bridgehead atoms. The topological polar surface area (TPSA) is 124 Å². The summed E-state index contributed by atoms with van der Waals surface area (Å²) in [6.45, 7) is 0. The van der Waals surface area contributed by atoms with E-state index >= 15 is 0 Å². The molecule has 0 spiro atoms. The summed E-state index contributed by atoms with van der Waals surface area (Å²) in [5, 5.41) is 23.2. The molecular formula is C11H8Br2ClN5O4. The summed E-state index contributed by atoms with van der Waals surface area (Å²) in [6, 6.07) is 2.70. The number of hydrogen-bond donors (Lipinski definition) is 1. The van der Waals surface area contributed by atoms with Crippen molar-refractivity contribution in [2.75, 3.05) is 12.4 Å². The molecule has 0 aliphatic rings. The number of nitrogens with one attached hydrogen (secondary N) is 1. The summed E-state index contributed by atoms with van der Waals surface area (Å²) in [6.07, 6.45) is 2.90. The molecule has 0 amide bonds. The normalized spacial score (nSPS) is 9.57. The number of anilines is 1. The standard InChI is InChI=1S/C6H6BrN3O2.C5H2BrClN2O2/c1-8-6-5(10(11)12)2-4(7)3-9-6;6-3-1-4(9(10)11)5(7)8-2-3/h2-3H,1H3,(H,8,9);1-2H. The number of halogens is 3. The molecular weight excluding hydrogens is 461 g/mol. The number of hydrogen-bond acceptors (Lipinski definition) is 7. The van der Waals surface area contributed by atoms with E-state index in [0.717, 1.165) is 0 Å². The molecule has 2 aromatic rings. The average molecular weight is 469 g/mol. The highest BCUT2D eigenvalue weighted by Gasteiger charge is 2.14. The van der Waals surface area contributed by atoms with Crippen LogP contribution in [0.15, 0.2) is 33.5 Å². The van der Waals surface area contributed by atoms with Gasteiger partial charge in [-0.1, -0.05) is 11.6 Å². The number of pyridine rings is 2. The Hall–Kier alpha value is -1.85. The van der Waals surface area contributed by atoms with Crippen LogP contribution in [0.5, 0.6) is 0 Å². The lowest BCUT2D eigenvalue weighted by Gasteiger charge is -1.99. The van der Waals surface area contributed by atoms with Crippen LogP contribution in [0.4, 0.5) is 17.2 Å². The van der Waals surface area contributed by atoms with Gasteiger partial charge in [-0.25, -0.2) is 9.97 Å². The van der Waals surface area contributed by atoms with Crippen molar-refractivity contribution in [1.82, 2.24) is 9.97 Å². The van der Waals surface area contributed by atoms with Crippen molar-refractivity contribution < 1.29 is 9.85 Å². The van der Waals surface area contributed by atoms with Crippen LogP contribution in [-0.2, 0) is 0 Å². The Bertz CT molecular complexity index is 746. The van der Waals surface area contributed by atoms with Gasteiger partial charge in [0.05, 0.1) is 9.85 Å². The lowest BCUT2D eigenvalue weighted by molar-refractivity contribution is -0.385. The highest BCUT2D eigenvalue weighted by molar-refractivity contribution is 9.10. The van der Waals surface area contributed by atoms with Gasteiger partial charge in [0.25, 0.3) is 0 Å². The van der Waals surface area contributed by atoms with Crippen LogP contribution in [-0.4, -0.2) is 26.9 Å². The maximum atomic E-state index is 10.4. The van der Waals surface area contributed by atoms with Crippen molar-refractivity contribution in [1.29, 1.82) is 0 Å². The van der Waals surface area contributed by atoms with Crippen molar-refractivity contribution >= 4 is 60.7 Å². The lowest BCUT2D eigenvalue weighted by atomic mass is 10.4. The molecule has 9 nitrogen and oxygen atoms in total. The maximum absolute atomic E-state index is 10.4. The minimum absolute atomic E-state index is 0.0353. The van der Waals surface area contributed by atoms with Gasteiger partial charge < -0.3 is 5.32 Å². The predicted molar refractivity (Wildman–Crippen MR) is 91.7 cm³/mol. The van der Waals surface area contributed by atoms with Crippen LogP contribution in [0.3, 0.4) is 0 Å². The fraction of sp³-hybridized carbons (Fsp3) is 0.0909. The Balaban J connectivity index is 0.000000231. The molecule has 0 aliphatic heterocycles. The molecule has 0 saturated heterocycles. The molecule has 2 rings (SSSR count). The third kappa shape index (κ3) is 5.69. The molecule has 122 valence electrons. The molecule has 1 N–H and O–H groups in total. The number of rotatable bonds is 3. The van der Waals surface area contributed by atoms with Gasteiger partial charge in [0.2, 0.25) is 11.0 Å². The summed E-state index contributed by atoms with van der Waals surface area (Å²) in [7, 11) is 1.59. The van der Waals surface area contributed by atoms with Gasteiger partial charge in [-0.3, -0.25) is 20.2 Å². The second kappa shape index (κ2) is 8.70. The molecule has 0 saturated carbocycles. The Morgan fingerprint density at radius 3 is 1.96 bits per heavy atom. The second-order valence-corrected chi connectivity index (χ2v) is 5.94. The van der Waals surface area contributed by atoms with E-state index in [1.54, 1.807) is 7.05 Å². The van der Waals surface area contributed by atoms with E-state index < -0.39 is 9.85 Å². The van der Waals surface area contributed by atoms with E-state index in [4.69, 9.17) is 11.6 Å². The van der Waals surface area contributed by atoms with E-state index in [1.165, 1.54) is 24.5 Å². The van der Waals surface area contributed by atoms with Gasteiger partial charge in [0.1, 0.15) is 0 Å². The third-order valence-corrected chi connectivity index (χ3v) is 3.41. The monoisotopic (exact) mass is 467 g/mol. The van der Waals surface area contributed by atoms with Gasteiger partial charge in [-0.05, 0) is 31.9 Å². The Labute approximate surface area is 151 Å². The first-order valence-corrected chi connectivity index (χ1v) is 7.65. The van der Waals surface area contributed by atoms with Crippen LogP contribution < -0.4 is 5.32 Å². The molecule has 2 heterocycles. The van der Waals surface area contributed by atoms with Crippen LogP contribution in [0, 0.1) is 20.2 Å². The van der Waals surface area contributed by atoms with Gasteiger partial charge in [0.15, 0.2) is 0 Å². The number of aromatic nitrogens is 2. The van der Waals surface area contributed by atoms with Crippen molar-refractivity contribution in [2.45, 2.75) is 0 Å². The first-order chi connectivity index (χ1) is 10.8. The number of nitro groups is 2. The molecule has 0 aliphatic carbocycles. The maximum Gasteiger partial charge on any atom is 0.312 e. The molecule has 0 aromatic carbocycles. The Kier molecular flexibility index (Phi) is 7.26. The van der Waals surface area contributed by atoms with Gasteiger partial charge in [0, 0.05) is 40.5 Å². The molecule has 2 aromatic heterocycles. The van der Waals surface area contributed by atoms with Crippen molar-refractivity contribution in [2.24, 2.45) is 0 Å². The van der Waals surface area contributed by atoms with Crippen molar-refractivity contribution in [3.63, 3.8) is 0 Å². The van der Waals surface area contributed by atoms with Gasteiger partial charge in [-0.2, -0.15) is 0 Å². The number of nitrogens with zero attached hydrogens (tertiary/aromatic N) is 4. The molecule has 23 heavy (non-hydrogen) atoms. The van der Waals surface area contributed by atoms with Gasteiger partial charge in [-0.15, -0.1) is 0 Å². The highest BCUT2D eigenvalue weighted by Crippen LogP contribution is 2.25. The van der Waals surface area contributed by atoms with Crippen molar-refractivity contribution in [3.05, 3.63) is 58.9 Å². The predicted octanol–water partition coefficient (Wildman–Crippen LogP) is 4.20. The molecule has 0 unspecified atom stereocenters. The van der Waals surface area contributed by atoms with Gasteiger partial charge >= 0.3 is 11.4 Å². The summed E-state index contributed by atoms with van der Waals surface area (Å²) in [4.78, 5) is 27.0. The summed E-state index contributed by atoms with van der Waals surface area (Å²) in [5.41, 5.74) is -0.229. The quantitative estimate of drug-likeness (QED) is 0.406. The zero-order chi connectivity index (χ0) is 17.6. The van der Waals surface area contributed by atoms with Crippen LogP contribution >= 0.6 is 43.5 Å². The zero-order valence-corrected chi connectivity index (χ0v) is 15.3. The van der Waals surface area contributed by atoms with Crippen LogP contribution in [0.25, 0.3) is 0 Å². The second-order valence-electron chi connectivity index (χ2n) is 3.75. The van der Waals surface area contributed by atoms with E-state index in [0.29, 0.717) is 8.95 Å². The zero-order valence-electron chi connectivity index (χ0n) is 11.4. The summed E-state index contributed by atoms with van der Waals surface area (Å²) in [5.74, 6) is 0.267. The smallest absolute Gasteiger partial charge is 0.312 e. The molecule has 12 heteroatoms. The van der Waals surface area contributed by atoms with Crippen LogP contribution in [0.2, 0.25) is 5.15 Å². The Morgan fingerprint density at radius 2 is 1.52 bits per heavy atom. The van der Waals surface area contributed by atoms with Crippen molar-refractivity contribution in [3.8, 4) is 0 Å². The van der Waals surface area contributed by atoms with E-state index in [1.807, 2.05) is 0 Å². The van der Waals surface area contributed by atoms with E-state index in [2.05, 4.69) is 47.1 Å². The molecule has 0 atom stereocenters. The fourth-order valence-corrected chi connectivity index (χ4v) is 2.11. The minimum atomic E-state index is -0.583. The third-order valence-electron chi connectivity index (χ3n) is 2.25. The molecule has 0 fully saturated rings. The highest BCUT2D eigenvalue weighted by atomic mass is 79.9. The Morgan fingerprint density at radius 1 is 1.04 bits per heavy atom. The van der Waals surface area contributed by atoms with Crippen LogP contribution in [0.1, 0.15) is 0 Å². The van der Waals surface area contributed by atoms with E-state index in [-0.39, 0.29) is 22.3 Å². The first-order valence-electron chi connectivity index (χ1n) is 5.69. The summed E-state index contributed by atoms with van der Waals surface area (Å²) < 4.78 is 1.13. The largest absolute Gasteiger partial charge is 0.367 e. The SMILES string of the molecule is CNc1ncc(Br)cc1[N+](=O)[O-].O=[N+]([O-])c1cc(Br)cnc1Cl.